The topological polar surface area (TPSA) is 39.1 Å². The van der Waals surface area contributed by atoms with Crippen LogP contribution in [-0.4, -0.2) is 29.8 Å². The molecule has 1 heterocycles. The van der Waals surface area contributed by atoms with E-state index in [1.54, 1.807) is 7.11 Å². The number of hydrogen-bond acceptors (Lipinski definition) is 3. The summed E-state index contributed by atoms with van der Waals surface area (Å²) in [5.41, 5.74) is 2.21. The maximum Gasteiger partial charge on any atom is 0.203 e. The molecule has 0 bridgehead atoms. The Kier molecular flexibility index (Phi) is 4.59. The summed E-state index contributed by atoms with van der Waals surface area (Å²) >= 11 is 0. The molecule has 1 aromatic carbocycles. The van der Waals surface area contributed by atoms with Crippen LogP contribution in [0.3, 0.4) is 0 Å². The van der Waals surface area contributed by atoms with Crippen LogP contribution in [0.15, 0.2) is 24.3 Å². The Morgan fingerprint density at radius 3 is 2.83 bits per heavy atom. The lowest BCUT2D eigenvalue weighted by atomic mass is 10.2. The van der Waals surface area contributed by atoms with E-state index in [0.717, 1.165) is 37.5 Å². The van der Waals surface area contributed by atoms with Gasteiger partial charge in [0.2, 0.25) is 5.95 Å². The van der Waals surface area contributed by atoms with Crippen LogP contribution in [0.4, 0.5) is 5.95 Å². The zero-order valence-electron chi connectivity index (χ0n) is 11.1. The first kappa shape index (κ1) is 12.9. The summed E-state index contributed by atoms with van der Waals surface area (Å²) < 4.78 is 7.13. The quantitative estimate of drug-likeness (QED) is 0.765. The van der Waals surface area contributed by atoms with Crippen molar-refractivity contribution in [1.82, 2.24) is 9.55 Å². The van der Waals surface area contributed by atoms with Gasteiger partial charge in [0.05, 0.1) is 11.0 Å². The predicted molar refractivity (Wildman–Crippen MR) is 74.9 cm³/mol. The van der Waals surface area contributed by atoms with Crippen molar-refractivity contribution >= 4 is 17.0 Å². The minimum atomic E-state index is 0.853. The molecule has 0 saturated carbocycles. The van der Waals surface area contributed by atoms with E-state index < -0.39 is 0 Å². The summed E-state index contributed by atoms with van der Waals surface area (Å²) in [5.74, 6) is 0.947. The molecule has 1 aromatic heterocycles. The molecule has 0 radical (unpaired) electrons. The number of ether oxygens (including phenoxy) is 1. The fourth-order valence-corrected chi connectivity index (χ4v) is 2.05. The van der Waals surface area contributed by atoms with Crippen molar-refractivity contribution in [1.29, 1.82) is 0 Å². The molecule has 0 atom stereocenters. The SMILES string of the molecule is COCCCCCNc1nc2ccccc2n1C. The number of methoxy groups -OCH3 is 1. The van der Waals surface area contributed by atoms with E-state index in [2.05, 4.69) is 20.9 Å². The van der Waals surface area contributed by atoms with Crippen LogP contribution < -0.4 is 5.32 Å². The number of rotatable bonds is 7. The monoisotopic (exact) mass is 247 g/mol. The minimum Gasteiger partial charge on any atom is -0.385 e. The summed E-state index contributed by atoms with van der Waals surface area (Å²) in [6.07, 6.45) is 3.46. The van der Waals surface area contributed by atoms with Gasteiger partial charge in [0.1, 0.15) is 0 Å². The number of aromatic nitrogens is 2. The average Bonchev–Trinajstić information content (AvgIpc) is 2.71. The van der Waals surface area contributed by atoms with Gasteiger partial charge < -0.3 is 14.6 Å². The highest BCUT2D eigenvalue weighted by atomic mass is 16.5. The highest BCUT2D eigenvalue weighted by Crippen LogP contribution is 2.17. The summed E-state index contributed by atoms with van der Waals surface area (Å²) in [6, 6.07) is 8.19. The molecular weight excluding hydrogens is 226 g/mol. The second-order valence-electron chi connectivity index (χ2n) is 4.46. The number of aryl methyl sites for hydroxylation is 1. The molecule has 18 heavy (non-hydrogen) atoms. The number of para-hydroxylation sites is 2. The molecule has 2 aromatic rings. The van der Waals surface area contributed by atoms with E-state index in [1.165, 1.54) is 11.9 Å². The van der Waals surface area contributed by atoms with Crippen LogP contribution >= 0.6 is 0 Å². The molecule has 0 unspecified atom stereocenters. The van der Waals surface area contributed by atoms with Gasteiger partial charge in [-0.15, -0.1) is 0 Å². The molecular formula is C14H21N3O. The van der Waals surface area contributed by atoms with E-state index in [1.807, 2.05) is 25.2 Å². The first-order valence-electron chi connectivity index (χ1n) is 6.47. The lowest BCUT2D eigenvalue weighted by Gasteiger charge is -2.05. The van der Waals surface area contributed by atoms with Crippen molar-refractivity contribution < 1.29 is 4.74 Å². The Bertz CT molecular complexity index is 493. The van der Waals surface area contributed by atoms with Gasteiger partial charge in [-0.25, -0.2) is 4.98 Å². The Morgan fingerprint density at radius 2 is 2.06 bits per heavy atom. The molecule has 1 N–H and O–H groups in total. The summed E-state index contributed by atoms with van der Waals surface area (Å²) in [4.78, 5) is 4.57. The van der Waals surface area contributed by atoms with Gasteiger partial charge in [-0.3, -0.25) is 0 Å². The van der Waals surface area contributed by atoms with Crippen molar-refractivity contribution in [3.63, 3.8) is 0 Å². The van der Waals surface area contributed by atoms with Crippen molar-refractivity contribution in [3.8, 4) is 0 Å². The largest absolute Gasteiger partial charge is 0.385 e. The van der Waals surface area contributed by atoms with Crippen molar-refractivity contribution in [2.45, 2.75) is 19.3 Å². The number of fused-ring (bicyclic) bond motifs is 1. The van der Waals surface area contributed by atoms with Crippen LogP contribution in [-0.2, 0) is 11.8 Å². The van der Waals surface area contributed by atoms with Crippen LogP contribution in [0.2, 0.25) is 0 Å². The highest BCUT2D eigenvalue weighted by Gasteiger charge is 2.05. The van der Waals surface area contributed by atoms with E-state index in [0.29, 0.717) is 0 Å². The van der Waals surface area contributed by atoms with Crippen molar-refractivity contribution in [2.24, 2.45) is 7.05 Å². The van der Waals surface area contributed by atoms with Gasteiger partial charge in [0.15, 0.2) is 0 Å². The lowest BCUT2D eigenvalue weighted by Crippen LogP contribution is -2.06. The molecule has 2 rings (SSSR count). The number of nitrogens with one attached hydrogen (secondary N) is 1. The Hall–Kier alpha value is -1.55. The van der Waals surface area contributed by atoms with Gasteiger partial charge >= 0.3 is 0 Å². The first-order valence-corrected chi connectivity index (χ1v) is 6.47. The molecule has 0 aliphatic rings. The van der Waals surface area contributed by atoms with Crippen LogP contribution in [0, 0.1) is 0 Å². The van der Waals surface area contributed by atoms with Gasteiger partial charge in [0, 0.05) is 27.3 Å². The van der Waals surface area contributed by atoms with E-state index in [-0.39, 0.29) is 0 Å². The zero-order valence-corrected chi connectivity index (χ0v) is 11.1. The first-order chi connectivity index (χ1) is 8.83. The molecule has 0 aliphatic carbocycles. The Balaban J connectivity index is 1.86. The van der Waals surface area contributed by atoms with Gasteiger partial charge in [-0.2, -0.15) is 0 Å². The molecule has 0 saturated heterocycles. The third-order valence-corrected chi connectivity index (χ3v) is 3.10. The molecule has 0 amide bonds. The predicted octanol–water partition coefficient (Wildman–Crippen LogP) is 2.80. The highest BCUT2D eigenvalue weighted by molar-refractivity contribution is 5.78. The van der Waals surface area contributed by atoms with E-state index in [4.69, 9.17) is 4.74 Å². The standard InChI is InChI=1S/C14H21N3O/c1-17-13-9-5-4-8-12(13)16-14(17)15-10-6-3-7-11-18-2/h4-5,8-9H,3,6-7,10-11H2,1-2H3,(H,15,16). The summed E-state index contributed by atoms with van der Waals surface area (Å²) in [5, 5.41) is 3.39. The molecule has 0 fully saturated rings. The van der Waals surface area contributed by atoms with Crippen LogP contribution in [0.5, 0.6) is 0 Å². The molecule has 4 heteroatoms. The molecule has 98 valence electrons. The summed E-state index contributed by atoms with van der Waals surface area (Å²) in [7, 11) is 3.79. The Morgan fingerprint density at radius 1 is 1.22 bits per heavy atom. The summed E-state index contributed by atoms with van der Waals surface area (Å²) in [6.45, 7) is 1.81. The van der Waals surface area contributed by atoms with Gasteiger partial charge in [-0.05, 0) is 31.4 Å². The third kappa shape index (κ3) is 3.01. The second-order valence-corrected chi connectivity index (χ2v) is 4.46. The lowest BCUT2D eigenvalue weighted by molar-refractivity contribution is 0.192. The van der Waals surface area contributed by atoms with Crippen LogP contribution in [0.1, 0.15) is 19.3 Å². The Labute approximate surface area is 108 Å². The fraction of sp³-hybridized carbons (Fsp3) is 0.500. The second kappa shape index (κ2) is 6.40. The minimum absolute atomic E-state index is 0.853. The normalized spacial score (nSPS) is 11.0. The van der Waals surface area contributed by atoms with Crippen molar-refractivity contribution in [3.05, 3.63) is 24.3 Å². The van der Waals surface area contributed by atoms with Gasteiger partial charge in [-0.1, -0.05) is 12.1 Å². The molecule has 0 aliphatic heterocycles. The van der Waals surface area contributed by atoms with E-state index >= 15 is 0 Å². The molecule has 0 spiro atoms. The third-order valence-electron chi connectivity index (χ3n) is 3.10. The number of benzene rings is 1. The number of nitrogens with zero attached hydrogens (tertiary/aromatic N) is 2. The zero-order chi connectivity index (χ0) is 12.8. The van der Waals surface area contributed by atoms with Gasteiger partial charge in [0.25, 0.3) is 0 Å². The average molecular weight is 247 g/mol. The smallest absolute Gasteiger partial charge is 0.203 e. The van der Waals surface area contributed by atoms with E-state index in [9.17, 15) is 0 Å². The van der Waals surface area contributed by atoms with Crippen molar-refractivity contribution in [2.75, 3.05) is 25.6 Å². The fourth-order valence-electron chi connectivity index (χ4n) is 2.05. The number of hydrogen-bond donors (Lipinski definition) is 1. The van der Waals surface area contributed by atoms with Crippen LogP contribution in [0.25, 0.3) is 11.0 Å². The maximum atomic E-state index is 5.03. The number of anilines is 1. The molecule has 4 nitrogen and oxygen atoms in total. The number of unbranched alkanes of at least 4 members (excludes halogenated alkanes) is 2. The number of imidazole rings is 1. The maximum absolute atomic E-state index is 5.03.